The molecule has 0 aliphatic heterocycles. The van der Waals surface area contributed by atoms with Crippen LogP contribution in [0, 0.1) is 0 Å². The molecule has 8 bridgehead atoms. The Morgan fingerprint density at radius 3 is 1.00 bits per heavy atom. The Balaban J connectivity index is 1.70. The summed E-state index contributed by atoms with van der Waals surface area (Å²) in [5.74, 6) is 2.76. The van der Waals surface area contributed by atoms with Crippen molar-refractivity contribution in [1.82, 2.24) is 0 Å². The first-order valence-corrected chi connectivity index (χ1v) is 13.8. The average molecular weight is 549 g/mol. The van der Waals surface area contributed by atoms with Gasteiger partial charge in [0.1, 0.15) is 36.2 Å². The third-order valence-corrected chi connectivity index (χ3v) is 7.24. The van der Waals surface area contributed by atoms with Crippen molar-refractivity contribution < 1.29 is 19.7 Å². The molecule has 4 nitrogen and oxygen atoms in total. The molecule has 4 aromatic rings. The molecule has 0 aromatic heterocycles. The maximum atomic E-state index is 11.3. The topological polar surface area (TPSA) is 58.9 Å². The van der Waals surface area contributed by atoms with Gasteiger partial charge in [0.05, 0.1) is 11.8 Å². The summed E-state index contributed by atoms with van der Waals surface area (Å²) in [5.41, 5.74) is 7.07. The number of phenolic OH excluding ortho intramolecular Hbond substituents is 2. The van der Waals surface area contributed by atoms with Gasteiger partial charge >= 0.3 is 0 Å². The molecule has 0 amide bonds. The molecule has 0 unspecified atom stereocenters. The van der Waals surface area contributed by atoms with Crippen LogP contribution in [0.25, 0.3) is 0 Å². The number of halogens is 2. The van der Waals surface area contributed by atoms with Crippen LogP contribution in [-0.2, 0) is 25.7 Å². The summed E-state index contributed by atoms with van der Waals surface area (Å²) in [6, 6.07) is 23.8. The maximum absolute atomic E-state index is 11.3. The first-order valence-electron chi connectivity index (χ1n) is 12.8. The van der Waals surface area contributed by atoms with Gasteiger partial charge in [0.25, 0.3) is 0 Å². The number of rotatable bonds is 6. The standard InChI is InChI=1S/C32H30Cl2O4/c33-13-15-37-31-25-9-3-11-27(31)19-23-7-2-8-24(30(23)36)20-28-12-4-10-26(32(28)38-16-14-34)18-22-6-1-5-21(17-25)29(22)35/h1-12,35-36H,13-20H2. The summed E-state index contributed by atoms with van der Waals surface area (Å²) < 4.78 is 12.3. The maximum Gasteiger partial charge on any atom is 0.126 e. The Morgan fingerprint density at radius 2 is 0.737 bits per heavy atom. The molecule has 0 saturated heterocycles. The van der Waals surface area contributed by atoms with E-state index in [1.165, 1.54) is 0 Å². The van der Waals surface area contributed by atoms with E-state index < -0.39 is 0 Å². The molecule has 4 aromatic carbocycles. The minimum absolute atomic E-state index is 0.268. The molecular formula is C32H30Cl2O4. The summed E-state index contributed by atoms with van der Waals surface area (Å²) in [7, 11) is 0. The zero-order chi connectivity index (χ0) is 26.5. The summed E-state index contributed by atoms with van der Waals surface area (Å²) in [6.45, 7) is 0.729. The van der Waals surface area contributed by atoms with Crippen molar-refractivity contribution in [2.45, 2.75) is 25.7 Å². The second kappa shape index (κ2) is 12.0. The van der Waals surface area contributed by atoms with Crippen LogP contribution in [-0.4, -0.2) is 35.2 Å². The molecular weight excluding hydrogens is 519 g/mol. The van der Waals surface area contributed by atoms with Crippen LogP contribution in [0.2, 0.25) is 0 Å². The molecule has 0 heterocycles. The molecule has 0 saturated carbocycles. The Labute approximate surface area is 233 Å². The van der Waals surface area contributed by atoms with E-state index in [0.29, 0.717) is 50.7 Å². The molecule has 196 valence electrons. The molecule has 6 heteroatoms. The van der Waals surface area contributed by atoms with Gasteiger partial charge in [-0.25, -0.2) is 0 Å². The van der Waals surface area contributed by atoms with Crippen molar-refractivity contribution in [2.24, 2.45) is 0 Å². The lowest BCUT2D eigenvalue weighted by Crippen LogP contribution is -2.07. The largest absolute Gasteiger partial charge is 0.507 e. The van der Waals surface area contributed by atoms with Crippen LogP contribution < -0.4 is 9.47 Å². The van der Waals surface area contributed by atoms with Crippen molar-refractivity contribution in [3.05, 3.63) is 117 Å². The van der Waals surface area contributed by atoms with Gasteiger partial charge in [-0.3, -0.25) is 0 Å². The van der Waals surface area contributed by atoms with Crippen LogP contribution in [0.1, 0.15) is 44.5 Å². The molecule has 0 fully saturated rings. The quantitative estimate of drug-likeness (QED) is 0.224. The number of hydrogen-bond acceptors (Lipinski definition) is 4. The average Bonchev–Trinajstić information content (AvgIpc) is 2.92. The molecule has 0 atom stereocenters. The van der Waals surface area contributed by atoms with Gasteiger partial charge < -0.3 is 19.7 Å². The SMILES string of the molecule is Oc1c2cccc1Cc1cccc(c1OCCCl)Cc1cccc(c1O)Cc1cccc(c1OCCCl)C2. The predicted molar refractivity (Wildman–Crippen MR) is 153 cm³/mol. The van der Waals surface area contributed by atoms with Crippen molar-refractivity contribution in [1.29, 1.82) is 0 Å². The Bertz CT molecular complexity index is 1240. The lowest BCUT2D eigenvalue weighted by Gasteiger charge is -2.20. The predicted octanol–water partition coefficient (Wildman–Crippen LogP) is 7.01. The normalized spacial score (nSPS) is 12.7. The third-order valence-electron chi connectivity index (χ3n) is 6.93. The first-order chi connectivity index (χ1) is 18.6. The summed E-state index contributed by atoms with van der Waals surface area (Å²) in [4.78, 5) is 0. The van der Waals surface area contributed by atoms with Crippen molar-refractivity contribution >= 4 is 23.2 Å². The number of fused-ring (bicyclic) bond motifs is 8. The van der Waals surface area contributed by atoms with Gasteiger partial charge in [0, 0.05) is 25.7 Å². The van der Waals surface area contributed by atoms with Gasteiger partial charge in [-0.05, 0) is 44.5 Å². The van der Waals surface area contributed by atoms with Crippen molar-refractivity contribution in [3.63, 3.8) is 0 Å². The van der Waals surface area contributed by atoms with E-state index in [2.05, 4.69) is 0 Å². The lowest BCUT2D eigenvalue weighted by molar-refractivity contribution is 0.336. The summed E-state index contributed by atoms with van der Waals surface area (Å²) in [6.07, 6.45) is 1.97. The fraction of sp³-hybridized carbons (Fsp3) is 0.250. The molecule has 1 aliphatic rings. The highest BCUT2D eigenvalue weighted by molar-refractivity contribution is 6.18. The Hall–Kier alpha value is -3.34. The van der Waals surface area contributed by atoms with Crippen molar-refractivity contribution in [3.8, 4) is 23.0 Å². The Morgan fingerprint density at radius 1 is 0.474 bits per heavy atom. The van der Waals surface area contributed by atoms with Gasteiger partial charge in [-0.2, -0.15) is 0 Å². The number of phenols is 2. The second-order valence-electron chi connectivity index (χ2n) is 9.44. The number of para-hydroxylation sites is 4. The molecule has 2 N–H and O–H groups in total. The molecule has 5 rings (SSSR count). The van der Waals surface area contributed by atoms with E-state index >= 15 is 0 Å². The van der Waals surface area contributed by atoms with Gasteiger partial charge in [-0.15, -0.1) is 23.2 Å². The van der Waals surface area contributed by atoms with E-state index in [1.54, 1.807) is 0 Å². The smallest absolute Gasteiger partial charge is 0.126 e. The van der Waals surface area contributed by atoms with E-state index in [-0.39, 0.29) is 11.5 Å². The zero-order valence-electron chi connectivity index (χ0n) is 21.1. The van der Waals surface area contributed by atoms with Crippen molar-refractivity contribution in [2.75, 3.05) is 25.0 Å². The van der Waals surface area contributed by atoms with Crippen LogP contribution in [0.5, 0.6) is 23.0 Å². The monoisotopic (exact) mass is 548 g/mol. The highest BCUT2D eigenvalue weighted by atomic mass is 35.5. The number of aromatic hydroxyl groups is 2. The van der Waals surface area contributed by atoms with Gasteiger partial charge in [0.15, 0.2) is 0 Å². The highest BCUT2D eigenvalue weighted by Gasteiger charge is 2.20. The Kier molecular flexibility index (Phi) is 8.31. The fourth-order valence-corrected chi connectivity index (χ4v) is 5.32. The van der Waals surface area contributed by atoms with Crippen LogP contribution >= 0.6 is 23.2 Å². The van der Waals surface area contributed by atoms with Crippen LogP contribution in [0.15, 0.2) is 72.8 Å². The summed E-state index contributed by atoms with van der Waals surface area (Å²) in [5, 5.41) is 22.7. The molecule has 1 aliphatic carbocycles. The minimum Gasteiger partial charge on any atom is -0.507 e. The van der Waals surface area contributed by atoms with Gasteiger partial charge in [0.2, 0.25) is 0 Å². The number of alkyl halides is 2. The first kappa shape index (κ1) is 26.3. The number of ether oxygens (including phenoxy) is 2. The van der Waals surface area contributed by atoms with Crippen LogP contribution in [0.3, 0.4) is 0 Å². The molecule has 38 heavy (non-hydrogen) atoms. The highest BCUT2D eigenvalue weighted by Crippen LogP contribution is 2.37. The van der Waals surface area contributed by atoms with E-state index in [1.807, 2.05) is 72.8 Å². The second-order valence-corrected chi connectivity index (χ2v) is 10.2. The molecule has 0 spiro atoms. The number of benzene rings is 4. The fourth-order valence-electron chi connectivity index (χ4n) is 5.17. The van der Waals surface area contributed by atoms with E-state index in [4.69, 9.17) is 32.7 Å². The van der Waals surface area contributed by atoms with E-state index in [9.17, 15) is 10.2 Å². The van der Waals surface area contributed by atoms with Gasteiger partial charge in [-0.1, -0.05) is 72.8 Å². The van der Waals surface area contributed by atoms with Crippen LogP contribution in [0.4, 0.5) is 0 Å². The third kappa shape index (κ3) is 5.57. The molecule has 0 radical (unpaired) electrons. The van der Waals surface area contributed by atoms with E-state index in [0.717, 1.165) is 56.0 Å². The number of hydrogen-bond donors (Lipinski definition) is 2. The summed E-state index contributed by atoms with van der Waals surface area (Å²) >= 11 is 12.0. The zero-order valence-corrected chi connectivity index (χ0v) is 22.6. The lowest BCUT2D eigenvalue weighted by atomic mass is 9.91. The minimum atomic E-state index is 0.268.